The van der Waals surface area contributed by atoms with Gasteiger partial charge in [-0.15, -0.1) is 0 Å². The van der Waals surface area contributed by atoms with Gasteiger partial charge in [0.25, 0.3) is 0 Å². The molecule has 1 aromatic carbocycles. The Hall–Kier alpha value is -1.61. The fourth-order valence-corrected chi connectivity index (χ4v) is 2.54. The normalized spacial score (nSPS) is 17.2. The van der Waals surface area contributed by atoms with Gasteiger partial charge in [0, 0.05) is 11.8 Å². The molecular formula is C14H17N3. The monoisotopic (exact) mass is 227 g/mol. The highest BCUT2D eigenvalue weighted by atomic mass is 15.1. The molecule has 0 bridgehead atoms. The third kappa shape index (κ3) is 2.24. The van der Waals surface area contributed by atoms with E-state index in [4.69, 9.17) is 0 Å². The maximum Gasteiger partial charge on any atom is 0.0565 e. The van der Waals surface area contributed by atoms with Gasteiger partial charge in [-0.3, -0.25) is 5.10 Å². The van der Waals surface area contributed by atoms with Crippen LogP contribution in [-0.4, -0.2) is 23.3 Å². The molecule has 0 atom stereocenters. The summed E-state index contributed by atoms with van der Waals surface area (Å²) in [7, 11) is 0. The van der Waals surface area contributed by atoms with Crippen molar-refractivity contribution in [3.05, 3.63) is 42.2 Å². The number of piperidine rings is 1. The maximum atomic E-state index is 4.01. The number of hydrogen-bond acceptors (Lipinski definition) is 2. The molecule has 0 spiro atoms. The van der Waals surface area contributed by atoms with Crippen molar-refractivity contribution in [3.8, 4) is 11.1 Å². The predicted molar refractivity (Wildman–Crippen MR) is 68.9 cm³/mol. The van der Waals surface area contributed by atoms with Crippen molar-refractivity contribution >= 4 is 0 Å². The summed E-state index contributed by atoms with van der Waals surface area (Å²) in [6, 6.07) is 8.86. The number of nitrogens with zero attached hydrogens (tertiary/aromatic N) is 1. The van der Waals surface area contributed by atoms with Crippen molar-refractivity contribution in [1.82, 2.24) is 15.5 Å². The van der Waals surface area contributed by atoms with E-state index in [0.29, 0.717) is 5.92 Å². The van der Waals surface area contributed by atoms with Gasteiger partial charge in [-0.1, -0.05) is 24.3 Å². The average molecular weight is 227 g/mol. The minimum absolute atomic E-state index is 0.711. The topological polar surface area (TPSA) is 40.7 Å². The summed E-state index contributed by atoms with van der Waals surface area (Å²) in [5.41, 5.74) is 3.89. The third-order valence-corrected chi connectivity index (χ3v) is 3.53. The van der Waals surface area contributed by atoms with Crippen molar-refractivity contribution < 1.29 is 0 Å². The number of benzene rings is 1. The van der Waals surface area contributed by atoms with Gasteiger partial charge in [-0.2, -0.15) is 5.10 Å². The van der Waals surface area contributed by atoms with E-state index in [1.807, 2.05) is 12.4 Å². The summed E-state index contributed by atoms with van der Waals surface area (Å²) < 4.78 is 0. The lowest BCUT2D eigenvalue weighted by Crippen LogP contribution is -2.26. The SMILES string of the molecule is c1cc(-c2cn[nH]c2)cc(C2CCNCC2)c1. The van der Waals surface area contributed by atoms with Gasteiger partial charge in [0.05, 0.1) is 6.20 Å². The Morgan fingerprint density at radius 3 is 2.76 bits per heavy atom. The molecule has 1 fully saturated rings. The van der Waals surface area contributed by atoms with Crippen molar-refractivity contribution in [3.63, 3.8) is 0 Å². The molecule has 3 rings (SSSR count). The van der Waals surface area contributed by atoms with E-state index in [9.17, 15) is 0 Å². The molecule has 1 aromatic heterocycles. The number of rotatable bonds is 2. The van der Waals surface area contributed by atoms with Crippen LogP contribution in [0.3, 0.4) is 0 Å². The van der Waals surface area contributed by atoms with E-state index in [-0.39, 0.29) is 0 Å². The van der Waals surface area contributed by atoms with Gasteiger partial charge >= 0.3 is 0 Å². The van der Waals surface area contributed by atoms with Crippen molar-refractivity contribution in [2.24, 2.45) is 0 Å². The first-order chi connectivity index (χ1) is 8.43. The summed E-state index contributed by atoms with van der Waals surface area (Å²) in [5, 5.41) is 10.3. The van der Waals surface area contributed by atoms with Crippen LogP contribution in [0.4, 0.5) is 0 Å². The fraction of sp³-hybridized carbons (Fsp3) is 0.357. The molecule has 2 aromatic rings. The molecular weight excluding hydrogens is 210 g/mol. The average Bonchev–Trinajstić information content (AvgIpc) is 2.94. The zero-order chi connectivity index (χ0) is 11.5. The summed E-state index contributed by atoms with van der Waals surface area (Å²) in [6.45, 7) is 2.28. The van der Waals surface area contributed by atoms with Gasteiger partial charge in [0.2, 0.25) is 0 Å². The van der Waals surface area contributed by atoms with Crippen molar-refractivity contribution in [2.45, 2.75) is 18.8 Å². The summed E-state index contributed by atoms with van der Waals surface area (Å²) in [6.07, 6.45) is 6.31. The van der Waals surface area contributed by atoms with Crippen molar-refractivity contribution in [1.29, 1.82) is 0 Å². The summed E-state index contributed by atoms with van der Waals surface area (Å²) in [5.74, 6) is 0.711. The van der Waals surface area contributed by atoms with E-state index in [1.54, 1.807) is 0 Å². The lowest BCUT2D eigenvalue weighted by atomic mass is 9.89. The molecule has 0 aliphatic carbocycles. The van der Waals surface area contributed by atoms with E-state index >= 15 is 0 Å². The van der Waals surface area contributed by atoms with Crippen LogP contribution >= 0.6 is 0 Å². The van der Waals surface area contributed by atoms with Crippen LogP contribution in [-0.2, 0) is 0 Å². The molecule has 0 radical (unpaired) electrons. The van der Waals surface area contributed by atoms with Gasteiger partial charge in [-0.25, -0.2) is 0 Å². The Labute approximate surface area is 101 Å². The number of aromatic nitrogens is 2. The quantitative estimate of drug-likeness (QED) is 0.827. The molecule has 1 saturated heterocycles. The third-order valence-electron chi connectivity index (χ3n) is 3.53. The van der Waals surface area contributed by atoms with E-state index < -0.39 is 0 Å². The molecule has 2 N–H and O–H groups in total. The molecule has 17 heavy (non-hydrogen) atoms. The number of aromatic amines is 1. The molecule has 0 amide bonds. The van der Waals surface area contributed by atoms with Crippen LogP contribution in [0, 0.1) is 0 Å². The number of nitrogens with one attached hydrogen (secondary N) is 2. The van der Waals surface area contributed by atoms with E-state index in [0.717, 1.165) is 13.1 Å². The predicted octanol–water partition coefficient (Wildman–Crippen LogP) is 2.54. The van der Waals surface area contributed by atoms with Crippen LogP contribution in [0.15, 0.2) is 36.7 Å². The maximum absolute atomic E-state index is 4.01. The first-order valence-corrected chi connectivity index (χ1v) is 6.23. The minimum atomic E-state index is 0.711. The van der Waals surface area contributed by atoms with Crippen LogP contribution in [0.5, 0.6) is 0 Å². The molecule has 3 nitrogen and oxygen atoms in total. The fourth-order valence-electron chi connectivity index (χ4n) is 2.54. The van der Waals surface area contributed by atoms with Crippen LogP contribution in [0.25, 0.3) is 11.1 Å². The zero-order valence-electron chi connectivity index (χ0n) is 9.82. The van der Waals surface area contributed by atoms with Gasteiger partial charge in [0.15, 0.2) is 0 Å². The largest absolute Gasteiger partial charge is 0.317 e. The molecule has 3 heteroatoms. The lowest BCUT2D eigenvalue weighted by Gasteiger charge is -2.23. The highest BCUT2D eigenvalue weighted by Crippen LogP contribution is 2.28. The van der Waals surface area contributed by atoms with E-state index in [2.05, 4.69) is 39.8 Å². The Balaban J connectivity index is 1.88. The zero-order valence-corrected chi connectivity index (χ0v) is 9.82. The molecule has 1 aliphatic heterocycles. The van der Waals surface area contributed by atoms with Crippen molar-refractivity contribution in [2.75, 3.05) is 13.1 Å². The second-order valence-electron chi connectivity index (χ2n) is 4.64. The summed E-state index contributed by atoms with van der Waals surface area (Å²) >= 11 is 0. The number of hydrogen-bond donors (Lipinski definition) is 2. The van der Waals surface area contributed by atoms with Gasteiger partial charge in [0.1, 0.15) is 0 Å². The molecule has 0 saturated carbocycles. The minimum Gasteiger partial charge on any atom is -0.317 e. The number of H-pyrrole nitrogens is 1. The highest BCUT2D eigenvalue weighted by Gasteiger charge is 2.15. The van der Waals surface area contributed by atoms with Crippen LogP contribution < -0.4 is 5.32 Å². The van der Waals surface area contributed by atoms with E-state index in [1.165, 1.54) is 29.5 Å². The summed E-state index contributed by atoms with van der Waals surface area (Å²) in [4.78, 5) is 0. The standard InChI is InChI=1S/C14H17N3/c1-2-12(11-4-6-15-7-5-11)8-13(3-1)14-9-16-17-10-14/h1-3,8-11,15H,4-7H2,(H,16,17). The molecule has 0 unspecified atom stereocenters. The Morgan fingerprint density at radius 2 is 2.00 bits per heavy atom. The van der Waals surface area contributed by atoms with Gasteiger partial charge in [-0.05, 0) is 43.0 Å². The van der Waals surface area contributed by atoms with Crippen LogP contribution in [0.1, 0.15) is 24.3 Å². The highest BCUT2D eigenvalue weighted by molar-refractivity contribution is 5.62. The second kappa shape index (κ2) is 4.72. The van der Waals surface area contributed by atoms with Crippen LogP contribution in [0.2, 0.25) is 0 Å². The Morgan fingerprint density at radius 1 is 1.12 bits per heavy atom. The molecule has 88 valence electrons. The molecule has 2 heterocycles. The Bertz CT molecular complexity index is 470. The lowest BCUT2D eigenvalue weighted by molar-refractivity contribution is 0.460. The van der Waals surface area contributed by atoms with Gasteiger partial charge < -0.3 is 5.32 Å². The second-order valence-corrected chi connectivity index (χ2v) is 4.64. The molecule has 1 aliphatic rings. The smallest absolute Gasteiger partial charge is 0.0565 e. The first kappa shape index (κ1) is 10.5. The Kier molecular flexibility index (Phi) is 2.92. The first-order valence-electron chi connectivity index (χ1n) is 6.23.